The Hall–Kier alpha value is -3.76. The van der Waals surface area contributed by atoms with E-state index in [1.807, 2.05) is 109 Å². The number of ether oxygens (including phenoxy) is 6. The van der Waals surface area contributed by atoms with E-state index in [-0.39, 0.29) is 26.4 Å². The molecule has 8 heteroatoms. The molecule has 0 radical (unpaired) electrons. The second-order valence-electron chi connectivity index (χ2n) is 10.4. The van der Waals surface area contributed by atoms with Crippen LogP contribution in [0.2, 0.25) is 0 Å². The lowest BCUT2D eigenvalue weighted by molar-refractivity contribution is -0.170. The van der Waals surface area contributed by atoms with Gasteiger partial charge in [-0.2, -0.15) is 0 Å². The summed E-state index contributed by atoms with van der Waals surface area (Å²) in [6.45, 7) is 1.19. The second-order valence-corrected chi connectivity index (χ2v) is 10.4. The molecule has 0 aromatic heterocycles. The van der Waals surface area contributed by atoms with E-state index in [0.29, 0.717) is 13.2 Å². The summed E-state index contributed by atoms with van der Waals surface area (Å²) in [5.41, 5.74) is 3.76. The van der Waals surface area contributed by atoms with Crippen molar-refractivity contribution in [3.05, 3.63) is 131 Å². The van der Waals surface area contributed by atoms with Crippen LogP contribution in [0.5, 0.6) is 11.5 Å². The minimum atomic E-state index is -1.32. The van der Waals surface area contributed by atoms with Crippen LogP contribution in [0.1, 0.15) is 22.3 Å². The van der Waals surface area contributed by atoms with Crippen molar-refractivity contribution in [2.24, 2.45) is 0 Å². The molecule has 8 nitrogen and oxygen atoms in total. The summed E-state index contributed by atoms with van der Waals surface area (Å²) in [5, 5.41) is 22.9. The second kappa shape index (κ2) is 18.1. The Balaban J connectivity index is 1.42. The van der Waals surface area contributed by atoms with Gasteiger partial charge in [-0.15, -0.1) is 0 Å². The molecule has 0 amide bonds. The van der Waals surface area contributed by atoms with E-state index in [0.717, 1.165) is 33.8 Å². The van der Waals surface area contributed by atoms with Crippen LogP contribution in [0.3, 0.4) is 0 Å². The first-order chi connectivity index (χ1) is 21.6. The highest BCUT2D eigenvalue weighted by Gasteiger charge is 2.34. The zero-order valence-corrected chi connectivity index (χ0v) is 25.3. The minimum absolute atomic E-state index is 0.0508. The molecule has 0 saturated heterocycles. The molecule has 234 valence electrons. The Morgan fingerprint density at radius 3 is 1.14 bits per heavy atom. The van der Waals surface area contributed by atoms with Crippen molar-refractivity contribution in [3.63, 3.8) is 0 Å². The number of benzene rings is 4. The van der Waals surface area contributed by atoms with Gasteiger partial charge in [0.2, 0.25) is 0 Å². The fourth-order valence-electron chi connectivity index (χ4n) is 4.51. The third-order valence-electron chi connectivity index (χ3n) is 7.15. The van der Waals surface area contributed by atoms with Crippen LogP contribution >= 0.6 is 0 Å². The van der Waals surface area contributed by atoms with E-state index in [1.165, 1.54) is 0 Å². The molecular weight excluding hydrogens is 560 g/mol. The molecule has 0 fully saturated rings. The summed E-state index contributed by atoms with van der Waals surface area (Å²) in [4.78, 5) is 0. The molecular formula is C36H42O8. The lowest BCUT2D eigenvalue weighted by atomic mass is 10.0. The van der Waals surface area contributed by atoms with Crippen LogP contribution in [-0.4, -0.2) is 62.1 Å². The molecule has 0 spiro atoms. The third-order valence-corrected chi connectivity index (χ3v) is 7.15. The summed E-state index contributed by atoms with van der Waals surface area (Å²) in [5.74, 6) is 1.51. The standard InChI is InChI=1S/C36H42O8/c1-39-31-17-13-29(14-18-31)21-41-25-33(43-23-27-9-5-3-6-10-27)35(37)36(38)34(44-24-28-11-7-4-8-12-28)26-42-22-30-15-19-32(40-2)20-16-30/h3-20,33-38H,21-26H2,1-2H3/t33-,34-,35-,36-/m1/s1. The maximum atomic E-state index is 11.4. The number of hydrogen-bond donors (Lipinski definition) is 2. The summed E-state index contributed by atoms with van der Waals surface area (Å²) >= 11 is 0. The first-order valence-electron chi connectivity index (χ1n) is 14.6. The largest absolute Gasteiger partial charge is 0.497 e. The monoisotopic (exact) mass is 602 g/mol. The van der Waals surface area contributed by atoms with E-state index in [9.17, 15) is 10.2 Å². The van der Waals surface area contributed by atoms with Crippen LogP contribution in [0.15, 0.2) is 109 Å². The highest BCUT2D eigenvalue weighted by Crippen LogP contribution is 2.19. The summed E-state index contributed by atoms with van der Waals surface area (Å²) in [7, 11) is 3.24. The van der Waals surface area contributed by atoms with Crippen molar-refractivity contribution < 1.29 is 38.6 Å². The number of aliphatic hydroxyl groups is 2. The predicted molar refractivity (Wildman–Crippen MR) is 167 cm³/mol. The van der Waals surface area contributed by atoms with E-state index in [2.05, 4.69) is 0 Å². The van der Waals surface area contributed by atoms with Crippen molar-refractivity contribution in [2.45, 2.75) is 50.8 Å². The molecule has 0 aliphatic carbocycles. The molecule has 0 unspecified atom stereocenters. The van der Waals surface area contributed by atoms with Crippen molar-refractivity contribution >= 4 is 0 Å². The van der Waals surface area contributed by atoms with Gasteiger partial charge in [-0.1, -0.05) is 84.9 Å². The van der Waals surface area contributed by atoms with E-state index in [1.54, 1.807) is 14.2 Å². The molecule has 0 bridgehead atoms. The van der Waals surface area contributed by atoms with Crippen LogP contribution in [0.25, 0.3) is 0 Å². The molecule has 44 heavy (non-hydrogen) atoms. The van der Waals surface area contributed by atoms with Crippen LogP contribution in [-0.2, 0) is 45.4 Å². The first kappa shape index (κ1) is 33.1. The van der Waals surface area contributed by atoms with E-state index >= 15 is 0 Å². The fourth-order valence-corrected chi connectivity index (χ4v) is 4.51. The van der Waals surface area contributed by atoms with Gasteiger partial charge in [0.15, 0.2) is 0 Å². The van der Waals surface area contributed by atoms with Crippen LogP contribution < -0.4 is 9.47 Å². The zero-order chi connectivity index (χ0) is 31.0. The van der Waals surface area contributed by atoms with Gasteiger partial charge in [-0.05, 0) is 46.5 Å². The van der Waals surface area contributed by atoms with Gasteiger partial charge < -0.3 is 38.6 Å². The maximum absolute atomic E-state index is 11.4. The molecule has 4 aromatic carbocycles. The minimum Gasteiger partial charge on any atom is -0.497 e. The summed E-state index contributed by atoms with van der Waals surface area (Å²) < 4.78 is 34.6. The summed E-state index contributed by atoms with van der Waals surface area (Å²) in [6.07, 6.45) is -4.32. The highest BCUT2D eigenvalue weighted by atomic mass is 16.6. The highest BCUT2D eigenvalue weighted by molar-refractivity contribution is 5.27. The molecule has 4 aromatic rings. The molecule has 4 rings (SSSR count). The van der Waals surface area contributed by atoms with Crippen LogP contribution in [0, 0.1) is 0 Å². The van der Waals surface area contributed by atoms with Gasteiger partial charge in [0.1, 0.15) is 35.9 Å². The zero-order valence-electron chi connectivity index (χ0n) is 25.3. The Labute approximate surface area is 259 Å². The normalized spacial score (nSPS) is 14.0. The van der Waals surface area contributed by atoms with E-state index < -0.39 is 24.4 Å². The number of aliphatic hydroxyl groups excluding tert-OH is 2. The molecule has 4 atom stereocenters. The van der Waals surface area contributed by atoms with Gasteiger partial charge in [0.05, 0.1) is 53.9 Å². The van der Waals surface area contributed by atoms with Crippen molar-refractivity contribution in [1.82, 2.24) is 0 Å². The van der Waals surface area contributed by atoms with E-state index in [4.69, 9.17) is 28.4 Å². The number of rotatable bonds is 19. The SMILES string of the molecule is COc1ccc(COC[C@@H](OCc2ccccc2)[C@@H](O)[C@H](O)[C@@H](COCc2ccc(OC)cc2)OCc2ccccc2)cc1. The van der Waals surface area contributed by atoms with Gasteiger partial charge in [-0.3, -0.25) is 0 Å². The maximum Gasteiger partial charge on any atom is 0.118 e. The van der Waals surface area contributed by atoms with Crippen molar-refractivity contribution in [2.75, 3.05) is 27.4 Å². The predicted octanol–water partition coefficient (Wildman–Crippen LogP) is 5.33. The Kier molecular flexibility index (Phi) is 13.7. The number of hydrogen-bond acceptors (Lipinski definition) is 8. The average Bonchev–Trinajstić information content (AvgIpc) is 3.08. The average molecular weight is 603 g/mol. The fraction of sp³-hybridized carbons (Fsp3) is 0.333. The van der Waals surface area contributed by atoms with Crippen molar-refractivity contribution in [3.8, 4) is 11.5 Å². The molecule has 0 aliphatic rings. The Bertz CT molecular complexity index is 1210. The Morgan fingerprint density at radius 1 is 0.455 bits per heavy atom. The topological polar surface area (TPSA) is 95.8 Å². The van der Waals surface area contributed by atoms with Gasteiger partial charge >= 0.3 is 0 Å². The van der Waals surface area contributed by atoms with Crippen LogP contribution in [0.4, 0.5) is 0 Å². The lowest BCUT2D eigenvalue weighted by Gasteiger charge is -2.32. The molecule has 0 saturated carbocycles. The van der Waals surface area contributed by atoms with Crippen molar-refractivity contribution in [1.29, 1.82) is 0 Å². The van der Waals surface area contributed by atoms with Gasteiger partial charge in [0.25, 0.3) is 0 Å². The number of methoxy groups -OCH3 is 2. The third kappa shape index (κ3) is 10.7. The molecule has 2 N–H and O–H groups in total. The Morgan fingerprint density at radius 2 is 0.795 bits per heavy atom. The molecule has 0 heterocycles. The van der Waals surface area contributed by atoms with Gasteiger partial charge in [0, 0.05) is 0 Å². The quantitative estimate of drug-likeness (QED) is 0.149. The summed E-state index contributed by atoms with van der Waals surface area (Å²) in [6, 6.07) is 34.4. The molecule has 0 aliphatic heterocycles. The lowest BCUT2D eigenvalue weighted by Crippen LogP contribution is -2.49. The van der Waals surface area contributed by atoms with Gasteiger partial charge in [-0.25, -0.2) is 0 Å². The smallest absolute Gasteiger partial charge is 0.118 e. The first-order valence-corrected chi connectivity index (χ1v) is 14.6.